The number of aromatic nitrogens is 2. The first-order chi connectivity index (χ1) is 14.9. The molecular formula is C27H22N2O2. The molecule has 0 radical (unpaired) electrons. The number of para-hydroxylation sites is 2. The zero-order valence-corrected chi connectivity index (χ0v) is 18.0. The summed E-state index contributed by atoms with van der Waals surface area (Å²) < 4.78 is 0. The van der Waals surface area contributed by atoms with Crippen LogP contribution in [0, 0.1) is 27.7 Å². The molecule has 3 aromatic carbocycles. The molecule has 0 amide bonds. The maximum absolute atomic E-state index is 13.5. The molecule has 0 atom stereocenters. The van der Waals surface area contributed by atoms with Crippen molar-refractivity contribution in [2.45, 2.75) is 27.7 Å². The van der Waals surface area contributed by atoms with E-state index in [1.54, 1.807) is 6.07 Å². The summed E-state index contributed by atoms with van der Waals surface area (Å²) in [5.41, 5.74) is 7.08. The van der Waals surface area contributed by atoms with Gasteiger partial charge in [-0.25, -0.2) is 14.8 Å². The molecule has 4 rings (SSSR count). The lowest BCUT2D eigenvalue weighted by atomic mass is 9.93. The number of fused-ring (bicyclic) bond motifs is 1. The number of aryl methyl sites for hydroxylation is 4. The Kier molecular flexibility index (Phi) is 5.33. The van der Waals surface area contributed by atoms with Crippen LogP contribution >= 0.6 is 0 Å². The van der Waals surface area contributed by atoms with E-state index in [1.165, 1.54) is 0 Å². The largest absolute Gasteiger partial charge is 0.288 e. The average Bonchev–Trinajstić information content (AvgIpc) is 2.77. The molecule has 0 aliphatic carbocycles. The molecule has 4 aromatic rings. The van der Waals surface area contributed by atoms with Gasteiger partial charge in [0.2, 0.25) is 5.78 Å². The standard InChI is InChI=1S/C27H22N2O2/c1-16-9-11-18(3)20(13-16)25-26(29-24-8-6-5-7-23(24)28-25)22(15-30)27(31)21-14-17(2)10-12-19(21)4/h5-14H,1-4H3. The van der Waals surface area contributed by atoms with Gasteiger partial charge >= 0.3 is 0 Å². The first kappa shape index (κ1) is 20.4. The van der Waals surface area contributed by atoms with E-state index in [-0.39, 0.29) is 11.3 Å². The number of Topliss-reactive ketones (excluding diaryl/α,β-unsaturated/α-hetero) is 1. The highest BCUT2D eigenvalue weighted by molar-refractivity contribution is 6.36. The number of carbonyl (C=O) groups excluding carboxylic acids is 2. The van der Waals surface area contributed by atoms with Crippen LogP contribution < -0.4 is 0 Å². The van der Waals surface area contributed by atoms with E-state index in [0.29, 0.717) is 22.3 Å². The summed E-state index contributed by atoms with van der Waals surface area (Å²) in [6, 6.07) is 19.1. The van der Waals surface area contributed by atoms with Crippen LogP contribution in [-0.2, 0) is 4.79 Å². The van der Waals surface area contributed by atoms with Gasteiger partial charge in [-0.2, -0.15) is 0 Å². The van der Waals surface area contributed by atoms with Crippen molar-refractivity contribution in [1.82, 2.24) is 9.97 Å². The Balaban J connectivity index is 2.01. The monoisotopic (exact) mass is 406 g/mol. The van der Waals surface area contributed by atoms with Crippen LogP contribution in [0.4, 0.5) is 0 Å². The van der Waals surface area contributed by atoms with Gasteiger partial charge in [-0.3, -0.25) is 4.79 Å². The Morgan fingerprint density at radius 2 is 1.39 bits per heavy atom. The maximum Gasteiger partial charge on any atom is 0.206 e. The summed E-state index contributed by atoms with van der Waals surface area (Å²) >= 11 is 0. The summed E-state index contributed by atoms with van der Waals surface area (Å²) in [5.74, 6) is 1.49. The molecule has 0 aliphatic rings. The number of hydrogen-bond acceptors (Lipinski definition) is 4. The maximum atomic E-state index is 13.5. The minimum atomic E-state index is -0.396. The second kappa shape index (κ2) is 8.10. The third-order valence-electron chi connectivity index (χ3n) is 5.42. The minimum Gasteiger partial charge on any atom is -0.288 e. The highest BCUT2D eigenvalue weighted by Gasteiger charge is 2.25. The van der Waals surface area contributed by atoms with Crippen molar-refractivity contribution in [3.63, 3.8) is 0 Å². The van der Waals surface area contributed by atoms with Gasteiger partial charge in [-0.15, -0.1) is 0 Å². The molecule has 1 aromatic heterocycles. The molecule has 0 saturated heterocycles. The molecular weight excluding hydrogens is 384 g/mol. The second-order valence-electron chi connectivity index (χ2n) is 7.85. The summed E-state index contributed by atoms with van der Waals surface area (Å²) in [7, 11) is 0. The van der Waals surface area contributed by atoms with E-state index < -0.39 is 5.78 Å². The third-order valence-corrected chi connectivity index (χ3v) is 5.42. The first-order valence-corrected chi connectivity index (χ1v) is 10.1. The molecule has 0 N–H and O–H groups in total. The van der Waals surface area contributed by atoms with Crippen LogP contribution in [0.5, 0.6) is 0 Å². The summed E-state index contributed by atoms with van der Waals surface area (Å²) in [6.45, 7) is 7.74. The lowest BCUT2D eigenvalue weighted by Gasteiger charge is -2.14. The molecule has 0 unspecified atom stereocenters. The first-order valence-electron chi connectivity index (χ1n) is 10.1. The van der Waals surface area contributed by atoms with Gasteiger partial charge in [0.25, 0.3) is 0 Å². The van der Waals surface area contributed by atoms with Gasteiger partial charge < -0.3 is 0 Å². The van der Waals surface area contributed by atoms with E-state index in [2.05, 4.69) is 0 Å². The highest BCUT2D eigenvalue weighted by Crippen LogP contribution is 2.32. The predicted octanol–water partition coefficient (Wildman–Crippen LogP) is 5.63. The highest BCUT2D eigenvalue weighted by atomic mass is 16.1. The van der Waals surface area contributed by atoms with Crippen molar-refractivity contribution in [3.8, 4) is 11.3 Å². The summed E-state index contributed by atoms with van der Waals surface area (Å²) in [6.07, 6.45) is 0. The number of carbonyl (C=O) groups is 1. The van der Waals surface area contributed by atoms with Gasteiger partial charge in [0.05, 0.1) is 16.7 Å². The van der Waals surface area contributed by atoms with Gasteiger partial charge in [-0.1, -0.05) is 47.5 Å². The fourth-order valence-electron chi connectivity index (χ4n) is 3.67. The Morgan fingerprint density at radius 1 is 0.774 bits per heavy atom. The quantitative estimate of drug-likeness (QED) is 0.250. The van der Waals surface area contributed by atoms with E-state index in [9.17, 15) is 9.59 Å². The molecule has 4 nitrogen and oxygen atoms in total. The predicted molar refractivity (Wildman–Crippen MR) is 124 cm³/mol. The SMILES string of the molecule is Cc1ccc(C)c(C(=O)C(=C=O)c2nc3ccccc3nc2-c2cc(C)ccc2C)c1. The van der Waals surface area contributed by atoms with Crippen LogP contribution in [0.2, 0.25) is 0 Å². The van der Waals surface area contributed by atoms with Crippen molar-refractivity contribution >= 4 is 28.3 Å². The molecule has 31 heavy (non-hydrogen) atoms. The van der Waals surface area contributed by atoms with Gasteiger partial charge in [0.15, 0.2) is 0 Å². The third kappa shape index (κ3) is 3.81. The Morgan fingerprint density at radius 3 is 2.06 bits per heavy atom. The number of ketones is 1. The Bertz CT molecular complexity index is 1400. The van der Waals surface area contributed by atoms with Crippen molar-refractivity contribution < 1.29 is 9.59 Å². The fourth-order valence-corrected chi connectivity index (χ4v) is 3.67. The Hall–Kier alpha value is -3.88. The van der Waals surface area contributed by atoms with E-state index >= 15 is 0 Å². The number of benzene rings is 3. The average molecular weight is 406 g/mol. The lowest BCUT2D eigenvalue weighted by Crippen LogP contribution is -2.10. The molecule has 0 bridgehead atoms. The smallest absolute Gasteiger partial charge is 0.206 e. The number of nitrogens with zero attached hydrogens (tertiary/aromatic N) is 2. The molecule has 4 heteroatoms. The van der Waals surface area contributed by atoms with Gasteiger partial charge in [-0.05, 0) is 63.1 Å². The molecule has 0 saturated carbocycles. The fraction of sp³-hybridized carbons (Fsp3) is 0.148. The van der Waals surface area contributed by atoms with Crippen LogP contribution in [0.25, 0.3) is 27.9 Å². The van der Waals surface area contributed by atoms with E-state index in [4.69, 9.17) is 9.97 Å². The van der Waals surface area contributed by atoms with Crippen LogP contribution in [-0.4, -0.2) is 21.7 Å². The molecule has 152 valence electrons. The minimum absolute atomic E-state index is 0.108. The van der Waals surface area contributed by atoms with E-state index in [1.807, 2.05) is 88.2 Å². The number of rotatable bonds is 4. The van der Waals surface area contributed by atoms with Crippen molar-refractivity contribution in [2.75, 3.05) is 0 Å². The molecule has 0 fully saturated rings. The lowest BCUT2D eigenvalue weighted by molar-refractivity contribution is 0.105. The summed E-state index contributed by atoms with van der Waals surface area (Å²) in [4.78, 5) is 35.1. The van der Waals surface area contributed by atoms with Crippen molar-refractivity contribution in [3.05, 3.63) is 94.2 Å². The summed E-state index contributed by atoms with van der Waals surface area (Å²) in [5, 5.41) is 0. The number of hydrogen-bond donors (Lipinski definition) is 0. The van der Waals surface area contributed by atoms with Gasteiger partial charge in [0, 0.05) is 11.1 Å². The zero-order chi connectivity index (χ0) is 22.1. The van der Waals surface area contributed by atoms with Crippen LogP contribution in [0.3, 0.4) is 0 Å². The second-order valence-corrected chi connectivity index (χ2v) is 7.85. The van der Waals surface area contributed by atoms with Crippen molar-refractivity contribution in [1.29, 1.82) is 0 Å². The van der Waals surface area contributed by atoms with Gasteiger partial charge in [0.1, 0.15) is 17.2 Å². The Labute approximate surface area is 181 Å². The normalized spacial score (nSPS) is 10.7. The van der Waals surface area contributed by atoms with E-state index in [0.717, 1.165) is 27.8 Å². The number of allylic oxidation sites excluding steroid dienone is 1. The molecule has 0 spiro atoms. The molecule has 0 aliphatic heterocycles. The van der Waals surface area contributed by atoms with Crippen LogP contribution in [0.15, 0.2) is 60.7 Å². The van der Waals surface area contributed by atoms with Crippen molar-refractivity contribution in [2.24, 2.45) is 0 Å². The topological polar surface area (TPSA) is 59.9 Å². The zero-order valence-electron chi connectivity index (χ0n) is 18.0. The van der Waals surface area contributed by atoms with Crippen LogP contribution in [0.1, 0.15) is 38.3 Å². The molecule has 1 heterocycles.